The Bertz CT molecular complexity index is 784. The number of ether oxygens (including phenoxy) is 3. The number of amides is 1. The maximum Gasteiger partial charge on any atom is 0.411 e. The summed E-state index contributed by atoms with van der Waals surface area (Å²) in [6.07, 6.45) is 3.43. The molecule has 0 aliphatic heterocycles. The zero-order chi connectivity index (χ0) is 18.9. The number of hydrogen-bond acceptors (Lipinski definition) is 4. The molecule has 5 nitrogen and oxygen atoms in total. The highest BCUT2D eigenvalue weighted by atomic mass is 16.6. The molecule has 1 N–H and O–H groups in total. The summed E-state index contributed by atoms with van der Waals surface area (Å²) >= 11 is 0. The third-order valence-corrected chi connectivity index (χ3v) is 3.87. The zero-order valence-corrected chi connectivity index (χ0v) is 15.7. The average molecular weight is 355 g/mol. The minimum absolute atomic E-state index is 0.135. The third kappa shape index (κ3) is 5.55. The van der Waals surface area contributed by atoms with Crippen molar-refractivity contribution in [3.8, 4) is 11.5 Å². The van der Waals surface area contributed by atoms with Crippen LogP contribution in [0.2, 0.25) is 0 Å². The number of benzene rings is 2. The number of nitrogens with one attached hydrogen (secondary N) is 1. The molecule has 0 heterocycles. The fraction of sp³-hybridized carbons (Fsp3) is 0.286. The zero-order valence-electron chi connectivity index (χ0n) is 15.7. The van der Waals surface area contributed by atoms with Crippen LogP contribution in [-0.4, -0.2) is 26.4 Å². The van der Waals surface area contributed by atoms with E-state index in [0.717, 1.165) is 11.1 Å². The van der Waals surface area contributed by atoms with Crippen LogP contribution >= 0.6 is 0 Å². The Balaban J connectivity index is 1.81. The normalized spacial score (nSPS) is 10.6. The predicted molar refractivity (Wildman–Crippen MR) is 104 cm³/mol. The summed E-state index contributed by atoms with van der Waals surface area (Å²) in [7, 11) is 1.59. The average Bonchev–Trinajstić information content (AvgIpc) is 2.63. The standard InChI is InChI=1S/C21H25NO4/c1-5-6-17-8-10-19(20(14-17)24-4)25-11-12-26-21(23)22-18-9-7-15(2)16(3)13-18/h5-10,13-14H,11-12H2,1-4H3,(H,22,23). The summed E-state index contributed by atoms with van der Waals surface area (Å²) in [5.74, 6) is 1.25. The summed E-state index contributed by atoms with van der Waals surface area (Å²) in [6.45, 7) is 6.34. The van der Waals surface area contributed by atoms with Gasteiger partial charge in [-0.2, -0.15) is 0 Å². The molecule has 5 heteroatoms. The highest BCUT2D eigenvalue weighted by molar-refractivity contribution is 5.84. The maximum absolute atomic E-state index is 11.8. The molecule has 0 saturated carbocycles. The fourth-order valence-corrected chi connectivity index (χ4v) is 2.36. The Kier molecular flexibility index (Phi) is 7.09. The van der Waals surface area contributed by atoms with E-state index in [1.54, 1.807) is 7.11 Å². The van der Waals surface area contributed by atoms with Gasteiger partial charge in [0.15, 0.2) is 11.5 Å². The molecule has 26 heavy (non-hydrogen) atoms. The van der Waals surface area contributed by atoms with Gasteiger partial charge in [0, 0.05) is 5.69 Å². The molecule has 0 aliphatic rings. The van der Waals surface area contributed by atoms with Gasteiger partial charge in [-0.3, -0.25) is 5.32 Å². The second kappa shape index (κ2) is 9.51. The fourth-order valence-electron chi connectivity index (χ4n) is 2.36. The van der Waals surface area contributed by atoms with Crippen LogP contribution in [0.25, 0.3) is 6.08 Å². The first kappa shape index (κ1) is 19.4. The van der Waals surface area contributed by atoms with E-state index >= 15 is 0 Å². The maximum atomic E-state index is 11.8. The van der Waals surface area contributed by atoms with Crippen LogP contribution in [0.1, 0.15) is 23.6 Å². The minimum Gasteiger partial charge on any atom is -0.493 e. The van der Waals surface area contributed by atoms with Crippen LogP contribution in [-0.2, 0) is 4.74 Å². The lowest BCUT2D eigenvalue weighted by atomic mass is 10.1. The highest BCUT2D eigenvalue weighted by Gasteiger charge is 2.07. The van der Waals surface area contributed by atoms with Crippen molar-refractivity contribution in [2.45, 2.75) is 20.8 Å². The quantitative estimate of drug-likeness (QED) is 0.712. The van der Waals surface area contributed by atoms with Crippen molar-refractivity contribution < 1.29 is 19.0 Å². The van der Waals surface area contributed by atoms with E-state index in [-0.39, 0.29) is 13.2 Å². The number of hydrogen-bond donors (Lipinski definition) is 1. The van der Waals surface area contributed by atoms with E-state index in [9.17, 15) is 4.79 Å². The number of aryl methyl sites for hydroxylation is 2. The molecular weight excluding hydrogens is 330 g/mol. The van der Waals surface area contributed by atoms with E-state index in [0.29, 0.717) is 17.2 Å². The van der Waals surface area contributed by atoms with Gasteiger partial charge in [0.2, 0.25) is 0 Å². The second-order valence-corrected chi connectivity index (χ2v) is 5.82. The second-order valence-electron chi connectivity index (χ2n) is 5.82. The molecule has 1 amide bonds. The molecule has 0 radical (unpaired) electrons. The van der Waals surface area contributed by atoms with Crippen LogP contribution < -0.4 is 14.8 Å². The first-order valence-corrected chi connectivity index (χ1v) is 8.48. The summed E-state index contributed by atoms with van der Waals surface area (Å²) < 4.78 is 16.1. The molecule has 2 aromatic rings. The van der Waals surface area contributed by atoms with Crippen LogP contribution in [0.5, 0.6) is 11.5 Å². The van der Waals surface area contributed by atoms with E-state index in [2.05, 4.69) is 5.32 Å². The lowest BCUT2D eigenvalue weighted by molar-refractivity contribution is 0.136. The number of methoxy groups -OCH3 is 1. The van der Waals surface area contributed by atoms with Crippen LogP contribution in [0.15, 0.2) is 42.5 Å². The Morgan fingerprint density at radius 2 is 1.85 bits per heavy atom. The van der Waals surface area contributed by atoms with Crippen LogP contribution in [0, 0.1) is 13.8 Å². The van der Waals surface area contributed by atoms with Crippen LogP contribution in [0.4, 0.5) is 10.5 Å². The van der Waals surface area contributed by atoms with Gasteiger partial charge in [0.25, 0.3) is 0 Å². The van der Waals surface area contributed by atoms with Gasteiger partial charge >= 0.3 is 6.09 Å². The van der Waals surface area contributed by atoms with Crippen molar-refractivity contribution in [1.82, 2.24) is 0 Å². The Morgan fingerprint density at radius 1 is 1.04 bits per heavy atom. The summed E-state index contributed by atoms with van der Waals surface area (Å²) in [6, 6.07) is 11.4. The van der Waals surface area contributed by atoms with Crippen molar-refractivity contribution >= 4 is 17.9 Å². The van der Waals surface area contributed by atoms with Gasteiger partial charge in [-0.15, -0.1) is 0 Å². The molecule has 2 rings (SSSR count). The summed E-state index contributed by atoms with van der Waals surface area (Å²) in [4.78, 5) is 11.8. The molecule has 0 aliphatic carbocycles. The first-order valence-electron chi connectivity index (χ1n) is 8.48. The smallest absolute Gasteiger partial charge is 0.411 e. The van der Waals surface area contributed by atoms with Crippen molar-refractivity contribution in [2.24, 2.45) is 0 Å². The largest absolute Gasteiger partial charge is 0.493 e. The molecule has 0 saturated heterocycles. The molecule has 0 fully saturated rings. The van der Waals surface area contributed by atoms with Gasteiger partial charge in [0.1, 0.15) is 13.2 Å². The molecule has 138 valence electrons. The lowest BCUT2D eigenvalue weighted by Crippen LogP contribution is -2.17. The number of allylic oxidation sites excluding steroid dienone is 1. The molecule has 0 aromatic heterocycles. The SMILES string of the molecule is CC=Cc1ccc(OCCOC(=O)Nc2ccc(C)c(C)c2)c(OC)c1. The Hall–Kier alpha value is -2.95. The van der Waals surface area contributed by atoms with Gasteiger partial charge in [-0.1, -0.05) is 24.3 Å². The first-order chi connectivity index (χ1) is 12.5. The molecule has 2 aromatic carbocycles. The minimum atomic E-state index is -0.507. The summed E-state index contributed by atoms with van der Waals surface area (Å²) in [5.41, 5.74) is 4.02. The van der Waals surface area contributed by atoms with Crippen molar-refractivity contribution in [1.29, 1.82) is 0 Å². The Labute approximate surface area is 154 Å². The molecule has 0 bridgehead atoms. The van der Waals surface area contributed by atoms with Gasteiger partial charge in [-0.25, -0.2) is 4.79 Å². The molecule has 0 spiro atoms. The predicted octanol–water partition coefficient (Wildman–Crippen LogP) is 4.97. The molecular formula is C21H25NO4. The molecule has 0 atom stereocenters. The Morgan fingerprint density at radius 3 is 2.54 bits per heavy atom. The molecule has 0 unspecified atom stereocenters. The number of anilines is 1. The van der Waals surface area contributed by atoms with E-state index in [1.807, 2.05) is 69.3 Å². The third-order valence-electron chi connectivity index (χ3n) is 3.87. The summed E-state index contributed by atoms with van der Waals surface area (Å²) in [5, 5.41) is 2.70. The number of rotatable bonds is 7. The highest BCUT2D eigenvalue weighted by Crippen LogP contribution is 2.28. The number of carbonyl (C=O) groups is 1. The van der Waals surface area contributed by atoms with Gasteiger partial charge in [-0.05, 0) is 61.7 Å². The van der Waals surface area contributed by atoms with Crippen molar-refractivity contribution in [3.05, 3.63) is 59.2 Å². The van der Waals surface area contributed by atoms with E-state index < -0.39 is 6.09 Å². The topological polar surface area (TPSA) is 56.8 Å². The number of carbonyl (C=O) groups excluding carboxylic acids is 1. The van der Waals surface area contributed by atoms with Crippen LogP contribution in [0.3, 0.4) is 0 Å². The van der Waals surface area contributed by atoms with Crippen molar-refractivity contribution in [2.75, 3.05) is 25.6 Å². The van der Waals surface area contributed by atoms with Gasteiger partial charge < -0.3 is 14.2 Å². The van der Waals surface area contributed by atoms with Crippen molar-refractivity contribution in [3.63, 3.8) is 0 Å². The van der Waals surface area contributed by atoms with E-state index in [4.69, 9.17) is 14.2 Å². The monoisotopic (exact) mass is 355 g/mol. The lowest BCUT2D eigenvalue weighted by Gasteiger charge is -2.12. The van der Waals surface area contributed by atoms with E-state index in [1.165, 1.54) is 5.56 Å². The van der Waals surface area contributed by atoms with Gasteiger partial charge in [0.05, 0.1) is 7.11 Å².